The van der Waals surface area contributed by atoms with Crippen molar-refractivity contribution in [3.63, 3.8) is 0 Å². The zero-order chi connectivity index (χ0) is 58.7. The van der Waals surface area contributed by atoms with Crippen molar-refractivity contribution in [1.82, 2.24) is 42.2 Å². The van der Waals surface area contributed by atoms with Gasteiger partial charge in [0.2, 0.25) is 29.5 Å². The number of ether oxygens (including phenoxy) is 1. The van der Waals surface area contributed by atoms with Gasteiger partial charge in [0.15, 0.2) is 19.1 Å². The maximum absolute atomic E-state index is 11.3. The Labute approximate surface area is 447 Å². The number of carboxylic acid groups (broad SMARTS) is 2. The van der Waals surface area contributed by atoms with Gasteiger partial charge in [0.25, 0.3) is 0 Å². The number of hydrogen-bond acceptors (Lipinski definition) is 20. The van der Waals surface area contributed by atoms with E-state index in [4.69, 9.17) is 37.3 Å². The lowest BCUT2D eigenvalue weighted by molar-refractivity contribution is -0.140. The highest BCUT2D eigenvalue weighted by Gasteiger charge is 2.19. The van der Waals surface area contributed by atoms with E-state index in [1.54, 1.807) is 26.2 Å². The van der Waals surface area contributed by atoms with Gasteiger partial charge < -0.3 is 94.8 Å². The van der Waals surface area contributed by atoms with Crippen LogP contribution in [0.15, 0.2) is 67.0 Å². The number of carbonyl (C=O) groups excluding carboxylic acids is 8. The summed E-state index contributed by atoms with van der Waals surface area (Å²) in [5.41, 5.74) is 23.5. The van der Waals surface area contributed by atoms with Crippen LogP contribution in [-0.2, 0) is 47.9 Å². The molecular formula is C47H80N12O14S2. The van der Waals surface area contributed by atoms with Crippen molar-refractivity contribution in [1.29, 1.82) is 0 Å². The van der Waals surface area contributed by atoms with E-state index in [-0.39, 0.29) is 68.9 Å². The number of rotatable bonds is 26. The summed E-state index contributed by atoms with van der Waals surface area (Å²) in [7, 11) is 6.29. The molecule has 0 radical (unpaired) electrons. The summed E-state index contributed by atoms with van der Waals surface area (Å²) >= 11 is 5.21. The van der Waals surface area contributed by atoms with Crippen molar-refractivity contribution in [2.24, 2.45) is 22.9 Å². The number of hydrogen-bond donors (Lipinski definition) is 16. The van der Waals surface area contributed by atoms with Gasteiger partial charge in [0.1, 0.15) is 18.3 Å². The number of H-pyrrole nitrogens is 1. The van der Waals surface area contributed by atoms with Crippen molar-refractivity contribution in [2.45, 2.75) is 58.5 Å². The molecule has 0 fully saturated rings. The van der Waals surface area contributed by atoms with Crippen LogP contribution in [0, 0.1) is 13.8 Å². The smallest absolute Gasteiger partial charge is 0.341 e. The molecule has 0 aliphatic heterocycles. The lowest BCUT2D eigenvalue weighted by atomic mass is 10.2. The van der Waals surface area contributed by atoms with E-state index in [9.17, 15) is 47.9 Å². The molecule has 0 aliphatic carbocycles. The van der Waals surface area contributed by atoms with Crippen LogP contribution in [0.25, 0.3) is 10.9 Å². The Kier molecular flexibility index (Phi) is 53.3. The van der Waals surface area contributed by atoms with Crippen LogP contribution >= 0.6 is 24.4 Å². The van der Waals surface area contributed by atoms with Gasteiger partial charge in [-0.15, -0.1) is 11.8 Å². The normalized spacial score (nSPS) is 10.9. The average Bonchev–Trinajstić information content (AvgIpc) is 3.78. The van der Waals surface area contributed by atoms with Crippen LogP contribution in [0.3, 0.4) is 0 Å². The first kappa shape index (κ1) is 77.0. The molecule has 0 bridgehead atoms. The second-order valence-electron chi connectivity index (χ2n) is 14.0. The monoisotopic (exact) mass is 1100 g/mol. The molecule has 3 aromatic rings. The van der Waals surface area contributed by atoms with Crippen molar-refractivity contribution in [2.75, 3.05) is 78.2 Å². The first-order chi connectivity index (χ1) is 35.5. The summed E-state index contributed by atoms with van der Waals surface area (Å²) in [6.45, 7) is 11.0. The quantitative estimate of drug-likeness (QED) is 0.0228. The average molecular weight is 1100 g/mol. The molecule has 2 aromatic carbocycles. The number of carbonyl (C=O) groups is 10. The van der Waals surface area contributed by atoms with Gasteiger partial charge >= 0.3 is 11.9 Å². The number of nitrogens with one attached hydrogen (secondary N) is 8. The predicted molar refractivity (Wildman–Crippen MR) is 294 cm³/mol. The molecule has 26 nitrogen and oxygen atoms in total. The number of thioether (sulfide) groups is 1. The number of primary amides is 2. The molecule has 1 heterocycles. The molecule has 0 saturated heterocycles. The lowest BCUT2D eigenvalue weighted by Gasteiger charge is -2.15. The summed E-state index contributed by atoms with van der Waals surface area (Å²) in [6, 6.07) is 14.1. The number of amides is 5. The van der Waals surface area contributed by atoms with Crippen molar-refractivity contribution >= 4 is 95.6 Å². The van der Waals surface area contributed by atoms with Crippen molar-refractivity contribution in [3.05, 3.63) is 78.1 Å². The third-order valence-electron chi connectivity index (χ3n) is 8.01. The van der Waals surface area contributed by atoms with Crippen LogP contribution in [0.4, 0.5) is 0 Å². The number of aliphatic carboxylic acids is 2. The van der Waals surface area contributed by atoms with E-state index >= 15 is 0 Å². The van der Waals surface area contributed by atoms with Crippen LogP contribution in [0.2, 0.25) is 0 Å². The van der Waals surface area contributed by atoms with Gasteiger partial charge in [-0.2, -0.15) is 12.6 Å². The number of aromatic nitrogens is 1. The standard InChI is InChI=1S/C10H17N3O4S.C9H9N.C9H10O3.C7H13N3O4.C6H12N2O2S.C3H8N2O.C2H6.CH5N/c1-11-8(5-15)6-18-7-10(17)13-4-9(16)12-2-3-14;1-7-6-10-9-5-3-2-4-8(7)9;1-7-2-4-8(5-3-7)12-6-9(10)11;1-9-4(2-6(12)13)7(14)10-3-5(8)11;1-4(5(7)3-11)8-6(10)2-9;1-5-2-3(4)6;2*1-2/h3,5,8,11H,2,4,6-7H2,1H3,(H,12,16)(H,13,17);2-6,10H,1H3;2-5H,6H2,1H3,(H,10,11);4,9H,2-3H2,1H3,(H2,8,11)(H,10,14)(H,12,13);2,5-6,8,10-11H,1,3,7H2;5H,2H2,1H3,(H2,4,6);1-2H3;2H2,1H3. The van der Waals surface area contributed by atoms with Gasteiger partial charge in [-0.1, -0.05) is 56.3 Å². The minimum atomic E-state index is -1.23. The molecule has 0 aliphatic rings. The fraction of sp³-hybridized carbons (Fsp3) is 0.447. The first-order valence-corrected chi connectivity index (χ1v) is 24.4. The van der Waals surface area contributed by atoms with Crippen LogP contribution in [-0.4, -0.2) is 183 Å². The molecule has 3 rings (SSSR count). The molecule has 4 unspecified atom stereocenters. The van der Waals surface area contributed by atoms with Gasteiger partial charge in [-0.25, -0.2) is 4.79 Å². The summed E-state index contributed by atoms with van der Waals surface area (Å²) < 4.78 is 4.92. The van der Waals surface area contributed by atoms with Gasteiger partial charge in [0, 0.05) is 34.3 Å². The third-order valence-corrected chi connectivity index (χ3v) is 9.47. The molecule has 5 amide bonds. The second kappa shape index (κ2) is 52.0. The molecule has 1 aromatic heterocycles. The Hall–Kier alpha value is -6.92. The predicted octanol–water partition coefficient (Wildman–Crippen LogP) is -2.32. The fourth-order valence-corrected chi connectivity index (χ4v) is 5.45. The molecule has 0 spiro atoms. The SMILES string of the molecule is C=C(NC(O)C=O)C(N)CS.CC.CN.CNC(C=O)CSCC(=O)NCC(=O)NCC=O.CNC(CC(=O)O)C(=O)NCC(N)=O.CNCC(N)=O.Cc1c[nH]c2ccccc12.Cc1ccc(OCC(=O)O)cc1. The van der Waals surface area contributed by atoms with E-state index < -0.39 is 41.9 Å². The number of aldehydes is 3. The Balaban J connectivity index is -0.000000263. The van der Waals surface area contributed by atoms with E-state index in [0.29, 0.717) is 35.5 Å². The van der Waals surface area contributed by atoms with Gasteiger partial charge in [0.05, 0.1) is 56.5 Å². The zero-order valence-electron chi connectivity index (χ0n) is 43.8. The summed E-state index contributed by atoms with van der Waals surface area (Å²) in [5.74, 6) is -2.66. The van der Waals surface area contributed by atoms with Crippen molar-refractivity contribution in [3.8, 4) is 5.75 Å². The number of aliphatic hydroxyl groups excluding tert-OH is 1. The fourth-order valence-electron chi connectivity index (χ4n) is 4.33. The lowest BCUT2D eigenvalue weighted by Crippen LogP contribution is -2.46. The van der Waals surface area contributed by atoms with Crippen molar-refractivity contribution < 1.29 is 68.0 Å². The Morgan fingerprint density at radius 3 is 1.84 bits per heavy atom. The van der Waals surface area contributed by atoms with Crippen LogP contribution < -0.4 is 64.9 Å². The second-order valence-corrected chi connectivity index (χ2v) is 15.4. The van der Waals surface area contributed by atoms with Gasteiger partial charge in [-0.3, -0.25) is 33.6 Å². The Bertz CT molecular complexity index is 2080. The molecule has 28 heteroatoms. The maximum Gasteiger partial charge on any atom is 0.341 e. The topological polar surface area (TPSA) is 445 Å². The molecule has 19 N–H and O–H groups in total. The Morgan fingerprint density at radius 1 is 0.813 bits per heavy atom. The van der Waals surface area contributed by atoms with E-state index in [1.807, 2.05) is 45.2 Å². The molecular weight excluding hydrogens is 1020 g/mol. The number of aromatic amines is 1. The minimum absolute atomic E-state index is 0.0629. The first-order valence-electron chi connectivity index (χ1n) is 22.6. The Morgan fingerprint density at radius 2 is 1.40 bits per heavy atom. The van der Waals surface area contributed by atoms with E-state index in [0.717, 1.165) is 11.8 Å². The number of aryl methyl sites for hydroxylation is 2. The third kappa shape index (κ3) is 47.8. The molecule has 424 valence electrons. The van der Waals surface area contributed by atoms with E-state index in [2.05, 4.69) is 92.3 Å². The number of benzene rings is 2. The number of thiol groups is 1. The van der Waals surface area contributed by atoms with Crippen LogP contribution in [0.1, 0.15) is 31.4 Å². The summed E-state index contributed by atoms with van der Waals surface area (Å²) in [5, 5.41) is 44.0. The zero-order valence-corrected chi connectivity index (χ0v) is 45.5. The largest absolute Gasteiger partial charge is 0.482 e. The maximum atomic E-state index is 11.3. The highest BCUT2D eigenvalue weighted by molar-refractivity contribution is 8.00. The number of likely N-dealkylation sites (N-methyl/N-ethyl adjacent to an activating group) is 3. The van der Waals surface area contributed by atoms with Crippen LogP contribution in [0.5, 0.6) is 5.75 Å². The summed E-state index contributed by atoms with van der Waals surface area (Å²) in [4.78, 5) is 108. The number of nitrogens with two attached hydrogens (primary N) is 4. The molecule has 75 heavy (non-hydrogen) atoms. The number of fused-ring (bicyclic) bond motifs is 1. The highest BCUT2D eigenvalue weighted by Crippen LogP contribution is 2.15. The number of para-hydroxylation sites is 1. The molecule has 0 saturated carbocycles. The van der Waals surface area contributed by atoms with E-state index in [1.165, 1.54) is 42.3 Å². The number of carboxylic acids is 2. The molecule has 4 atom stereocenters. The highest BCUT2D eigenvalue weighted by atomic mass is 32.2. The minimum Gasteiger partial charge on any atom is -0.482 e. The number of aliphatic hydroxyl groups is 1. The van der Waals surface area contributed by atoms with Gasteiger partial charge in [-0.05, 0) is 65.8 Å². The summed E-state index contributed by atoms with van der Waals surface area (Å²) in [6.07, 6.45) is 2.15.